The van der Waals surface area contributed by atoms with E-state index < -0.39 is 0 Å². The van der Waals surface area contributed by atoms with Crippen LogP contribution in [-0.4, -0.2) is 33.5 Å². The molecule has 1 amide bonds. The van der Waals surface area contributed by atoms with Crippen LogP contribution in [0, 0.1) is 0 Å². The number of phenols is 1. The van der Waals surface area contributed by atoms with Gasteiger partial charge in [-0.1, -0.05) is 24.4 Å². The van der Waals surface area contributed by atoms with Crippen LogP contribution in [0.5, 0.6) is 5.75 Å². The Hall–Kier alpha value is -1.62. The molecular formula is C12H14N2O2S. The maximum Gasteiger partial charge on any atom is 0.258 e. The van der Waals surface area contributed by atoms with Crippen molar-refractivity contribution in [3.63, 3.8) is 0 Å². The molecule has 3 N–H and O–H groups in total. The zero-order chi connectivity index (χ0) is 12.4. The van der Waals surface area contributed by atoms with E-state index in [9.17, 15) is 9.90 Å². The summed E-state index contributed by atoms with van der Waals surface area (Å²) < 4.78 is 0. The summed E-state index contributed by atoms with van der Waals surface area (Å²) in [5, 5.41) is 9.65. The van der Waals surface area contributed by atoms with E-state index in [0.717, 1.165) is 12.8 Å². The molecule has 5 heteroatoms. The molecular weight excluding hydrogens is 236 g/mol. The normalized spacial score (nSPS) is 19.3. The standard InChI is InChI=1S/C12H14N2O2S/c13-11(17)9-5-3-7-14(9)12(16)8-4-1-2-6-10(8)15/h1-2,4,6,9,15H,3,5,7H2,(H2,13,17). The monoisotopic (exact) mass is 250 g/mol. The number of hydrogen-bond donors (Lipinski definition) is 2. The second kappa shape index (κ2) is 4.71. The van der Waals surface area contributed by atoms with Gasteiger partial charge in [-0.2, -0.15) is 0 Å². The zero-order valence-electron chi connectivity index (χ0n) is 9.30. The maximum absolute atomic E-state index is 12.2. The molecule has 1 aromatic rings. The number of carbonyl (C=O) groups is 1. The lowest BCUT2D eigenvalue weighted by Gasteiger charge is -2.24. The van der Waals surface area contributed by atoms with Crippen LogP contribution in [0.3, 0.4) is 0 Å². The highest BCUT2D eigenvalue weighted by atomic mass is 32.1. The van der Waals surface area contributed by atoms with Gasteiger partial charge in [-0.05, 0) is 25.0 Å². The molecule has 1 aliphatic heterocycles. The van der Waals surface area contributed by atoms with Crippen molar-refractivity contribution in [2.24, 2.45) is 5.73 Å². The lowest BCUT2D eigenvalue weighted by Crippen LogP contribution is -2.42. The average Bonchev–Trinajstić information content (AvgIpc) is 2.77. The molecule has 1 saturated heterocycles. The summed E-state index contributed by atoms with van der Waals surface area (Å²) in [6.07, 6.45) is 1.69. The number of phenolic OH excluding ortho intramolecular Hbond substituents is 1. The number of carbonyl (C=O) groups excluding carboxylic acids is 1. The fraction of sp³-hybridized carbons (Fsp3) is 0.333. The number of nitrogens with two attached hydrogens (primary N) is 1. The van der Waals surface area contributed by atoms with Crippen molar-refractivity contribution in [3.8, 4) is 5.75 Å². The molecule has 0 bridgehead atoms. The molecule has 4 nitrogen and oxygen atoms in total. The molecule has 2 rings (SSSR count). The summed E-state index contributed by atoms with van der Waals surface area (Å²) in [7, 11) is 0. The highest BCUT2D eigenvalue weighted by Gasteiger charge is 2.32. The van der Waals surface area contributed by atoms with Gasteiger partial charge in [0.25, 0.3) is 5.91 Å². The van der Waals surface area contributed by atoms with Crippen molar-refractivity contribution in [1.29, 1.82) is 0 Å². The molecule has 1 aliphatic rings. The smallest absolute Gasteiger partial charge is 0.258 e. The third-order valence-electron chi connectivity index (χ3n) is 2.98. The minimum absolute atomic E-state index is 0.00825. The first kappa shape index (κ1) is 11.9. The fourth-order valence-corrected chi connectivity index (χ4v) is 2.36. The molecule has 1 aromatic carbocycles. The largest absolute Gasteiger partial charge is 0.507 e. The Kier molecular flexibility index (Phi) is 3.28. The van der Waals surface area contributed by atoms with Gasteiger partial charge in [0.2, 0.25) is 0 Å². The van der Waals surface area contributed by atoms with E-state index in [1.165, 1.54) is 6.07 Å². The molecule has 0 saturated carbocycles. The van der Waals surface area contributed by atoms with Crippen molar-refractivity contribution in [2.75, 3.05) is 6.54 Å². The van der Waals surface area contributed by atoms with E-state index in [1.807, 2.05) is 0 Å². The number of aromatic hydroxyl groups is 1. The molecule has 0 spiro atoms. The highest BCUT2D eigenvalue weighted by molar-refractivity contribution is 7.80. The van der Waals surface area contributed by atoms with Crippen LogP contribution in [0.15, 0.2) is 24.3 Å². The van der Waals surface area contributed by atoms with Crippen molar-refractivity contribution in [3.05, 3.63) is 29.8 Å². The molecule has 1 fully saturated rings. The van der Waals surface area contributed by atoms with E-state index in [1.54, 1.807) is 23.1 Å². The van der Waals surface area contributed by atoms with Crippen molar-refractivity contribution < 1.29 is 9.90 Å². The van der Waals surface area contributed by atoms with Crippen LogP contribution in [-0.2, 0) is 0 Å². The lowest BCUT2D eigenvalue weighted by atomic mass is 10.1. The second-order valence-corrected chi connectivity index (χ2v) is 4.55. The van der Waals surface area contributed by atoms with E-state index in [2.05, 4.69) is 0 Å². The number of thiocarbonyl (C=S) groups is 1. The molecule has 0 aliphatic carbocycles. The van der Waals surface area contributed by atoms with Crippen molar-refractivity contribution in [1.82, 2.24) is 4.90 Å². The zero-order valence-corrected chi connectivity index (χ0v) is 10.1. The summed E-state index contributed by atoms with van der Waals surface area (Å²) in [4.78, 5) is 14.2. The Labute approximate surface area is 105 Å². The van der Waals surface area contributed by atoms with E-state index in [-0.39, 0.29) is 17.7 Å². The van der Waals surface area contributed by atoms with Crippen molar-refractivity contribution in [2.45, 2.75) is 18.9 Å². The molecule has 0 radical (unpaired) electrons. The van der Waals surface area contributed by atoms with Gasteiger partial charge in [0.1, 0.15) is 5.75 Å². The first-order valence-corrected chi connectivity index (χ1v) is 5.90. The number of likely N-dealkylation sites (tertiary alicyclic amines) is 1. The first-order chi connectivity index (χ1) is 8.11. The van der Waals surface area contributed by atoms with Crippen LogP contribution in [0.25, 0.3) is 0 Å². The Bertz CT molecular complexity index is 462. The third-order valence-corrected chi connectivity index (χ3v) is 3.25. The Balaban J connectivity index is 2.26. The van der Waals surface area contributed by atoms with Crippen LogP contribution in [0.2, 0.25) is 0 Å². The van der Waals surface area contributed by atoms with Gasteiger partial charge < -0.3 is 15.7 Å². The van der Waals surface area contributed by atoms with Crippen molar-refractivity contribution >= 4 is 23.1 Å². The van der Waals surface area contributed by atoms with E-state index >= 15 is 0 Å². The molecule has 0 aromatic heterocycles. The topological polar surface area (TPSA) is 66.6 Å². The average molecular weight is 250 g/mol. The number of amides is 1. The highest BCUT2D eigenvalue weighted by Crippen LogP contribution is 2.24. The Morgan fingerprint density at radius 2 is 2.18 bits per heavy atom. The molecule has 17 heavy (non-hydrogen) atoms. The maximum atomic E-state index is 12.2. The fourth-order valence-electron chi connectivity index (χ4n) is 2.11. The number of benzene rings is 1. The summed E-state index contributed by atoms with van der Waals surface area (Å²) in [6, 6.07) is 6.32. The van der Waals surface area contributed by atoms with Crippen LogP contribution in [0.4, 0.5) is 0 Å². The first-order valence-electron chi connectivity index (χ1n) is 5.49. The van der Waals surface area contributed by atoms with Crippen LogP contribution in [0.1, 0.15) is 23.2 Å². The summed E-state index contributed by atoms with van der Waals surface area (Å²) in [6.45, 7) is 0.634. The summed E-state index contributed by atoms with van der Waals surface area (Å²) in [5.41, 5.74) is 5.92. The third kappa shape index (κ3) is 2.24. The minimum Gasteiger partial charge on any atom is -0.507 e. The van der Waals surface area contributed by atoms with E-state index in [4.69, 9.17) is 18.0 Å². The second-order valence-electron chi connectivity index (χ2n) is 4.08. The summed E-state index contributed by atoms with van der Waals surface area (Å²) in [5.74, 6) is -0.218. The number of hydrogen-bond acceptors (Lipinski definition) is 3. The number of rotatable bonds is 2. The van der Waals surface area contributed by atoms with E-state index in [0.29, 0.717) is 17.1 Å². The SMILES string of the molecule is NC(=S)C1CCCN1C(=O)c1ccccc1O. The summed E-state index contributed by atoms with van der Waals surface area (Å²) >= 11 is 4.96. The van der Waals surface area contributed by atoms with Gasteiger partial charge in [0.05, 0.1) is 16.6 Å². The molecule has 1 unspecified atom stereocenters. The minimum atomic E-state index is -0.210. The molecule has 90 valence electrons. The van der Waals surface area contributed by atoms with Gasteiger partial charge in [0, 0.05) is 6.54 Å². The quantitative estimate of drug-likeness (QED) is 0.776. The van der Waals surface area contributed by atoms with Gasteiger partial charge in [-0.3, -0.25) is 4.79 Å². The van der Waals surface area contributed by atoms with Gasteiger partial charge in [0.15, 0.2) is 0 Å². The number of para-hydroxylation sites is 1. The Morgan fingerprint density at radius 1 is 1.47 bits per heavy atom. The van der Waals surface area contributed by atoms with Crippen LogP contribution < -0.4 is 5.73 Å². The predicted molar refractivity (Wildman–Crippen MR) is 69.0 cm³/mol. The number of nitrogens with zero attached hydrogens (tertiary/aromatic N) is 1. The molecule has 1 atom stereocenters. The van der Waals surface area contributed by atoms with Gasteiger partial charge in [-0.15, -0.1) is 0 Å². The molecule has 1 heterocycles. The predicted octanol–water partition coefficient (Wildman–Crippen LogP) is 1.28. The Morgan fingerprint density at radius 3 is 2.82 bits per heavy atom. The van der Waals surface area contributed by atoms with Gasteiger partial charge >= 0.3 is 0 Å². The lowest BCUT2D eigenvalue weighted by molar-refractivity contribution is 0.0767. The van der Waals surface area contributed by atoms with Crippen LogP contribution >= 0.6 is 12.2 Å². The van der Waals surface area contributed by atoms with Gasteiger partial charge in [-0.25, -0.2) is 0 Å².